The minimum atomic E-state index is -0.0107. The van der Waals surface area contributed by atoms with Gasteiger partial charge in [-0.2, -0.15) is 0 Å². The highest BCUT2D eigenvalue weighted by Crippen LogP contribution is 2.45. The molecule has 92 valence electrons. The van der Waals surface area contributed by atoms with Crippen LogP contribution < -0.4 is 5.32 Å². The smallest absolute Gasteiger partial charge is 0.0877 e. The summed E-state index contributed by atoms with van der Waals surface area (Å²) in [5.41, 5.74) is 1.18. The Kier molecular flexibility index (Phi) is 3.12. The van der Waals surface area contributed by atoms with Crippen LogP contribution in [-0.2, 0) is 4.74 Å². The van der Waals surface area contributed by atoms with Gasteiger partial charge in [0.1, 0.15) is 0 Å². The average molecular weight is 252 g/mol. The van der Waals surface area contributed by atoms with E-state index in [1.54, 1.807) is 0 Å². The van der Waals surface area contributed by atoms with Crippen molar-refractivity contribution in [1.29, 1.82) is 0 Å². The summed E-state index contributed by atoms with van der Waals surface area (Å²) < 4.78 is 6.13. The normalized spacial score (nSPS) is 27.5. The second kappa shape index (κ2) is 4.60. The Morgan fingerprint density at radius 2 is 2.00 bits per heavy atom. The zero-order valence-electron chi connectivity index (χ0n) is 9.92. The molecule has 3 heteroatoms. The highest BCUT2D eigenvalue weighted by atomic mass is 35.5. The van der Waals surface area contributed by atoms with Gasteiger partial charge in [0.15, 0.2) is 0 Å². The van der Waals surface area contributed by atoms with Gasteiger partial charge in [-0.3, -0.25) is 0 Å². The van der Waals surface area contributed by atoms with Gasteiger partial charge in [0.25, 0.3) is 0 Å². The van der Waals surface area contributed by atoms with Gasteiger partial charge in [-0.05, 0) is 24.5 Å². The lowest BCUT2D eigenvalue weighted by molar-refractivity contribution is -0.0934. The summed E-state index contributed by atoms with van der Waals surface area (Å²) in [6.07, 6.45) is 4.83. The molecule has 3 rings (SSSR count). The Balaban J connectivity index is 1.97. The van der Waals surface area contributed by atoms with Crippen molar-refractivity contribution in [3.63, 3.8) is 0 Å². The van der Waals surface area contributed by atoms with E-state index in [1.165, 1.54) is 18.4 Å². The number of hydrogen-bond donors (Lipinski definition) is 1. The Morgan fingerprint density at radius 1 is 1.24 bits per heavy atom. The molecule has 1 N–H and O–H groups in total. The van der Waals surface area contributed by atoms with Gasteiger partial charge in [-0.15, -0.1) is 0 Å². The van der Waals surface area contributed by atoms with Crippen LogP contribution in [0.3, 0.4) is 0 Å². The zero-order valence-corrected chi connectivity index (χ0v) is 10.7. The molecule has 1 aliphatic heterocycles. The van der Waals surface area contributed by atoms with E-state index >= 15 is 0 Å². The third kappa shape index (κ3) is 1.99. The molecule has 0 unspecified atom stereocenters. The standard InChI is InChI=1S/C14H18ClNO/c15-12-6-2-1-5-11(12)13-14(7-3-4-8-14)17-10-9-16-13/h1-2,5-6,13,16H,3-4,7-10H2/t13-/m0/s1. The molecule has 0 aromatic heterocycles. The second-order valence-electron chi connectivity index (χ2n) is 5.03. The van der Waals surface area contributed by atoms with Gasteiger partial charge in [-0.1, -0.05) is 42.6 Å². The Morgan fingerprint density at radius 3 is 2.76 bits per heavy atom. The van der Waals surface area contributed by atoms with Crippen molar-refractivity contribution < 1.29 is 4.74 Å². The van der Waals surface area contributed by atoms with Crippen molar-refractivity contribution in [3.8, 4) is 0 Å². The molecule has 2 aliphatic rings. The van der Waals surface area contributed by atoms with Crippen LogP contribution in [-0.4, -0.2) is 18.8 Å². The van der Waals surface area contributed by atoms with E-state index in [-0.39, 0.29) is 11.6 Å². The summed E-state index contributed by atoms with van der Waals surface area (Å²) in [5, 5.41) is 4.45. The van der Waals surface area contributed by atoms with Gasteiger partial charge in [0.05, 0.1) is 18.2 Å². The number of morpholine rings is 1. The lowest BCUT2D eigenvalue weighted by atomic mass is 9.85. The first-order valence-corrected chi connectivity index (χ1v) is 6.81. The molecular weight excluding hydrogens is 234 g/mol. The van der Waals surface area contributed by atoms with Crippen LogP contribution in [0.5, 0.6) is 0 Å². The maximum absolute atomic E-state index is 6.32. The average Bonchev–Trinajstić information content (AvgIpc) is 2.80. The predicted octanol–water partition coefficient (Wildman–Crippen LogP) is 3.31. The summed E-state index contributed by atoms with van der Waals surface area (Å²) in [4.78, 5) is 0. The van der Waals surface area contributed by atoms with E-state index in [4.69, 9.17) is 16.3 Å². The van der Waals surface area contributed by atoms with Crippen molar-refractivity contribution in [1.82, 2.24) is 5.32 Å². The largest absolute Gasteiger partial charge is 0.372 e. The molecular formula is C14H18ClNO. The lowest BCUT2D eigenvalue weighted by Gasteiger charge is -2.42. The molecule has 0 bridgehead atoms. The topological polar surface area (TPSA) is 21.3 Å². The third-order valence-electron chi connectivity index (χ3n) is 4.03. The Bertz CT molecular complexity index is 401. The van der Waals surface area contributed by atoms with Gasteiger partial charge in [0, 0.05) is 11.6 Å². The monoisotopic (exact) mass is 251 g/mol. The molecule has 17 heavy (non-hydrogen) atoms. The van der Waals surface area contributed by atoms with Crippen molar-refractivity contribution in [3.05, 3.63) is 34.9 Å². The lowest BCUT2D eigenvalue weighted by Crippen LogP contribution is -2.50. The molecule has 1 spiro atoms. The van der Waals surface area contributed by atoms with Crippen LogP contribution in [0, 0.1) is 0 Å². The quantitative estimate of drug-likeness (QED) is 0.827. The fourth-order valence-corrected chi connectivity index (χ4v) is 3.48. The summed E-state index contributed by atoms with van der Waals surface area (Å²) in [6, 6.07) is 8.38. The van der Waals surface area contributed by atoms with E-state index in [0.29, 0.717) is 0 Å². The highest BCUT2D eigenvalue weighted by Gasteiger charge is 2.45. The number of rotatable bonds is 1. The van der Waals surface area contributed by atoms with Gasteiger partial charge in [0.2, 0.25) is 0 Å². The van der Waals surface area contributed by atoms with E-state index in [0.717, 1.165) is 31.0 Å². The zero-order chi connectivity index (χ0) is 11.7. The SMILES string of the molecule is Clc1ccccc1[C@@H]1NCCOC12CCCC2. The van der Waals surface area contributed by atoms with Gasteiger partial charge in [-0.25, -0.2) is 0 Å². The van der Waals surface area contributed by atoms with E-state index in [1.807, 2.05) is 12.1 Å². The highest BCUT2D eigenvalue weighted by molar-refractivity contribution is 6.31. The van der Waals surface area contributed by atoms with Crippen LogP contribution in [0.15, 0.2) is 24.3 Å². The number of halogens is 1. The fraction of sp³-hybridized carbons (Fsp3) is 0.571. The summed E-state index contributed by atoms with van der Waals surface area (Å²) >= 11 is 6.32. The fourth-order valence-electron chi connectivity index (χ4n) is 3.24. The molecule has 1 aromatic carbocycles. The summed E-state index contributed by atoms with van der Waals surface area (Å²) in [6.45, 7) is 1.73. The molecule has 2 nitrogen and oxygen atoms in total. The molecule has 1 aromatic rings. The number of nitrogens with one attached hydrogen (secondary N) is 1. The summed E-state index contributed by atoms with van der Waals surface area (Å²) in [7, 11) is 0. The predicted molar refractivity (Wildman–Crippen MR) is 69.3 cm³/mol. The van der Waals surface area contributed by atoms with Crippen molar-refractivity contribution in [2.75, 3.05) is 13.2 Å². The van der Waals surface area contributed by atoms with E-state index in [9.17, 15) is 0 Å². The first-order valence-electron chi connectivity index (χ1n) is 6.44. The third-order valence-corrected chi connectivity index (χ3v) is 4.38. The molecule has 1 saturated heterocycles. The number of hydrogen-bond acceptors (Lipinski definition) is 2. The van der Waals surface area contributed by atoms with Crippen LogP contribution in [0.2, 0.25) is 5.02 Å². The number of benzene rings is 1. The van der Waals surface area contributed by atoms with Crippen molar-refractivity contribution in [2.45, 2.75) is 37.3 Å². The molecule has 0 amide bonds. The van der Waals surface area contributed by atoms with Crippen LogP contribution >= 0.6 is 11.6 Å². The Labute approximate surface area is 107 Å². The maximum Gasteiger partial charge on any atom is 0.0877 e. The minimum Gasteiger partial charge on any atom is -0.372 e. The van der Waals surface area contributed by atoms with E-state index < -0.39 is 0 Å². The van der Waals surface area contributed by atoms with Crippen molar-refractivity contribution >= 4 is 11.6 Å². The van der Waals surface area contributed by atoms with Crippen LogP contribution in [0.4, 0.5) is 0 Å². The molecule has 1 saturated carbocycles. The molecule has 1 aliphatic carbocycles. The van der Waals surface area contributed by atoms with Crippen molar-refractivity contribution in [2.24, 2.45) is 0 Å². The van der Waals surface area contributed by atoms with Crippen LogP contribution in [0.25, 0.3) is 0 Å². The minimum absolute atomic E-state index is 0.0107. The maximum atomic E-state index is 6.32. The van der Waals surface area contributed by atoms with E-state index in [2.05, 4.69) is 17.4 Å². The molecule has 2 fully saturated rings. The van der Waals surface area contributed by atoms with Gasteiger partial charge < -0.3 is 10.1 Å². The molecule has 0 radical (unpaired) electrons. The molecule has 1 atom stereocenters. The first-order chi connectivity index (χ1) is 8.32. The second-order valence-corrected chi connectivity index (χ2v) is 5.44. The number of ether oxygens (including phenoxy) is 1. The van der Waals surface area contributed by atoms with Gasteiger partial charge >= 0.3 is 0 Å². The molecule has 1 heterocycles. The van der Waals surface area contributed by atoms with Crippen LogP contribution in [0.1, 0.15) is 37.3 Å². The first kappa shape index (κ1) is 11.5. The summed E-state index contributed by atoms with van der Waals surface area (Å²) in [5.74, 6) is 0. The Hall–Kier alpha value is -0.570.